The first kappa shape index (κ1) is 14.5. The molecule has 0 aromatic heterocycles. The molecule has 0 amide bonds. The summed E-state index contributed by atoms with van der Waals surface area (Å²) < 4.78 is 6.35. The molecule has 6 heteroatoms. The lowest BCUT2D eigenvalue weighted by Crippen LogP contribution is -1.97. The summed E-state index contributed by atoms with van der Waals surface area (Å²) in [6.45, 7) is 1.55. The van der Waals surface area contributed by atoms with Crippen molar-refractivity contribution in [2.24, 2.45) is 0 Å². The molecule has 0 aliphatic heterocycles. The molecular weight excluding hydrogens is 326 g/mol. The van der Waals surface area contributed by atoms with Crippen LogP contribution in [0.3, 0.4) is 0 Å². The van der Waals surface area contributed by atoms with Crippen molar-refractivity contribution < 1.29 is 14.8 Å². The fourth-order valence-electron chi connectivity index (χ4n) is 1.68. The van der Waals surface area contributed by atoms with Crippen LogP contribution in [0.2, 0.25) is 0 Å². The molecule has 5 nitrogen and oxygen atoms in total. The Balaban J connectivity index is 2.38. The lowest BCUT2D eigenvalue weighted by Gasteiger charge is -2.09. The third-order valence-corrected chi connectivity index (χ3v) is 3.18. The number of aliphatic hydroxyl groups excluding tert-OH is 1. The Morgan fingerprint density at radius 2 is 2.05 bits per heavy atom. The molecule has 0 aliphatic carbocycles. The molecule has 0 aliphatic rings. The van der Waals surface area contributed by atoms with Gasteiger partial charge in [0.05, 0.1) is 11.0 Å². The zero-order valence-corrected chi connectivity index (χ0v) is 12.2. The van der Waals surface area contributed by atoms with Crippen LogP contribution < -0.4 is 4.74 Å². The van der Waals surface area contributed by atoms with Gasteiger partial charge in [-0.05, 0) is 36.8 Å². The van der Waals surface area contributed by atoms with Crippen molar-refractivity contribution in [2.75, 3.05) is 0 Å². The molecule has 1 atom stereocenters. The number of nitro groups is 1. The first-order valence-electron chi connectivity index (χ1n) is 5.87. The topological polar surface area (TPSA) is 72.6 Å². The van der Waals surface area contributed by atoms with Gasteiger partial charge in [0.1, 0.15) is 5.75 Å². The summed E-state index contributed by atoms with van der Waals surface area (Å²) in [5.41, 5.74) is 0.293. The number of ether oxygens (including phenoxy) is 1. The zero-order valence-electron chi connectivity index (χ0n) is 10.6. The largest absolute Gasteiger partial charge is 0.450 e. The molecule has 0 saturated heterocycles. The second-order valence-corrected chi connectivity index (χ2v) is 5.14. The van der Waals surface area contributed by atoms with Gasteiger partial charge in [0.2, 0.25) is 5.75 Å². The molecule has 0 bridgehead atoms. The van der Waals surface area contributed by atoms with E-state index in [2.05, 4.69) is 15.9 Å². The van der Waals surface area contributed by atoms with Crippen molar-refractivity contribution in [3.63, 3.8) is 0 Å². The maximum atomic E-state index is 11.1. The number of halogens is 1. The first-order valence-corrected chi connectivity index (χ1v) is 6.66. The molecule has 20 heavy (non-hydrogen) atoms. The van der Waals surface area contributed by atoms with Crippen molar-refractivity contribution in [3.05, 3.63) is 62.6 Å². The number of hydrogen-bond donors (Lipinski definition) is 1. The van der Waals surface area contributed by atoms with Gasteiger partial charge < -0.3 is 9.84 Å². The molecule has 2 rings (SSSR count). The smallest absolute Gasteiger partial charge is 0.311 e. The highest BCUT2D eigenvalue weighted by molar-refractivity contribution is 9.10. The molecule has 0 radical (unpaired) electrons. The summed E-state index contributed by atoms with van der Waals surface area (Å²) in [6.07, 6.45) is -0.770. The highest BCUT2D eigenvalue weighted by Gasteiger charge is 2.18. The Morgan fingerprint density at radius 3 is 2.65 bits per heavy atom. The summed E-state index contributed by atoms with van der Waals surface area (Å²) in [7, 11) is 0. The molecule has 104 valence electrons. The van der Waals surface area contributed by atoms with E-state index in [0.29, 0.717) is 11.3 Å². The molecule has 0 saturated carbocycles. The van der Waals surface area contributed by atoms with E-state index in [1.807, 2.05) is 6.07 Å². The van der Waals surface area contributed by atoms with Gasteiger partial charge >= 0.3 is 5.69 Å². The minimum absolute atomic E-state index is 0.137. The van der Waals surface area contributed by atoms with E-state index in [0.717, 1.165) is 4.47 Å². The number of nitro benzene ring substituents is 1. The van der Waals surface area contributed by atoms with Crippen LogP contribution in [0.25, 0.3) is 0 Å². The summed E-state index contributed by atoms with van der Waals surface area (Å²) in [6, 6.07) is 11.4. The lowest BCUT2D eigenvalue weighted by molar-refractivity contribution is -0.385. The van der Waals surface area contributed by atoms with Crippen LogP contribution in [0, 0.1) is 10.1 Å². The van der Waals surface area contributed by atoms with E-state index in [4.69, 9.17) is 4.74 Å². The van der Waals surface area contributed by atoms with Crippen molar-refractivity contribution in [2.45, 2.75) is 13.0 Å². The van der Waals surface area contributed by atoms with Crippen LogP contribution in [0.1, 0.15) is 18.6 Å². The van der Waals surface area contributed by atoms with E-state index < -0.39 is 11.0 Å². The van der Waals surface area contributed by atoms with Gasteiger partial charge in [-0.15, -0.1) is 0 Å². The van der Waals surface area contributed by atoms with Gasteiger partial charge in [-0.3, -0.25) is 10.1 Å². The average molecular weight is 338 g/mol. The lowest BCUT2D eigenvalue weighted by atomic mass is 10.1. The quantitative estimate of drug-likeness (QED) is 0.670. The molecule has 0 fully saturated rings. The average Bonchev–Trinajstić information content (AvgIpc) is 2.38. The highest BCUT2D eigenvalue weighted by Crippen LogP contribution is 2.34. The fraction of sp³-hybridized carbons (Fsp3) is 0.143. The minimum atomic E-state index is -0.770. The molecule has 2 aromatic rings. The van der Waals surface area contributed by atoms with Crippen LogP contribution in [-0.2, 0) is 0 Å². The third-order valence-electron chi connectivity index (χ3n) is 2.69. The fourth-order valence-corrected chi connectivity index (χ4v) is 2.06. The number of rotatable bonds is 4. The van der Waals surface area contributed by atoms with Crippen molar-refractivity contribution in [3.8, 4) is 11.5 Å². The van der Waals surface area contributed by atoms with E-state index >= 15 is 0 Å². The Kier molecular flexibility index (Phi) is 4.36. The van der Waals surface area contributed by atoms with Crippen LogP contribution in [-0.4, -0.2) is 10.0 Å². The predicted octanol–water partition coefficient (Wildman–Crippen LogP) is 4.20. The molecule has 2 aromatic carbocycles. The molecular formula is C14H12BrNO4. The predicted molar refractivity (Wildman–Crippen MR) is 77.9 cm³/mol. The SMILES string of the molecule is CC(O)c1ccc(Oc2cccc(Br)c2)c([N+](=O)[O-])c1. The van der Waals surface area contributed by atoms with Crippen molar-refractivity contribution in [1.82, 2.24) is 0 Å². The maximum absolute atomic E-state index is 11.1. The number of aliphatic hydroxyl groups is 1. The molecule has 0 spiro atoms. The standard InChI is InChI=1S/C14H12BrNO4/c1-9(17)10-5-6-14(13(7-10)16(18)19)20-12-4-2-3-11(15)8-12/h2-9,17H,1H3. The minimum Gasteiger partial charge on any atom is -0.450 e. The monoisotopic (exact) mass is 337 g/mol. The third kappa shape index (κ3) is 3.34. The van der Waals surface area contributed by atoms with Crippen LogP contribution >= 0.6 is 15.9 Å². The van der Waals surface area contributed by atoms with Crippen LogP contribution in [0.5, 0.6) is 11.5 Å². The van der Waals surface area contributed by atoms with E-state index in [9.17, 15) is 15.2 Å². The number of hydrogen-bond acceptors (Lipinski definition) is 4. The van der Waals surface area contributed by atoms with Crippen LogP contribution in [0.4, 0.5) is 5.69 Å². The van der Waals surface area contributed by atoms with Gasteiger partial charge in [-0.1, -0.05) is 28.1 Å². The van der Waals surface area contributed by atoms with Crippen molar-refractivity contribution >= 4 is 21.6 Å². The Hall–Kier alpha value is -1.92. The van der Waals surface area contributed by atoms with Crippen molar-refractivity contribution in [1.29, 1.82) is 0 Å². The van der Waals surface area contributed by atoms with Crippen LogP contribution in [0.15, 0.2) is 46.9 Å². The maximum Gasteiger partial charge on any atom is 0.311 e. The van der Waals surface area contributed by atoms with Gasteiger partial charge in [0.25, 0.3) is 0 Å². The zero-order chi connectivity index (χ0) is 14.7. The summed E-state index contributed by atoms with van der Waals surface area (Å²) in [5, 5.41) is 20.6. The Labute approximate surface area is 124 Å². The van der Waals surface area contributed by atoms with Gasteiger partial charge in [-0.2, -0.15) is 0 Å². The summed E-state index contributed by atoms with van der Waals surface area (Å²) >= 11 is 3.31. The van der Waals surface area contributed by atoms with Gasteiger partial charge in [0, 0.05) is 10.5 Å². The molecule has 1 unspecified atom stereocenters. The van der Waals surface area contributed by atoms with Gasteiger partial charge in [-0.25, -0.2) is 0 Å². The second-order valence-electron chi connectivity index (χ2n) is 4.22. The molecule has 1 N–H and O–H groups in total. The molecule has 0 heterocycles. The first-order chi connectivity index (χ1) is 9.47. The van der Waals surface area contributed by atoms with Gasteiger partial charge in [0.15, 0.2) is 0 Å². The van der Waals surface area contributed by atoms with E-state index in [-0.39, 0.29) is 11.4 Å². The van der Waals surface area contributed by atoms with E-state index in [1.165, 1.54) is 12.1 Å². The second kappa shape index (κ2) is 6.02. The Bertz CT molecular complexity index is 643. The van der Waals surface area contributed by atoms with E-state index in [1.54, 1.807) is 31.2 Å². The highest BCUT2D eigenvalue weighted by atomic mass is 79.9. The summed E-state index contributed by atoms with van der Waals surface area (Å²) in [5.74, 6) is 0.629. The normalized spacial score (nSPS) is 11.9. The number of nitrogens with zero attached hydrogens (tertiary/aromatic N) is 1. The summed E-state index contributed by atoms with van der Waals surface area (Å²) in [4.78, 5) is 10.6. The number of benzene rings is 2. The Morgan fingerprint density at radius 1 is 1.30 bits per heavy atom.